The summed E-state index contributed by atoms with van der Waals surface area (Å²) < 4.78 is 41.3. The Morgan fingerprint density at radius 2 is 1.88 bits per heavy atom. The number of rotatable bonds is 4. The van der Waals surface area contributed by atoms with E-state index >= 15 is 0 Å². The first-order chi connectivity index (χ1) is 7.93. The van der Waals surface area contributed by atoms with Gasteiger partial charge in [0.15, 0.2) is 5.78 Å². The standard InChI is InChI=1S/C12H11F3O2/c1-17-8-11(16)7-4-9-2-5-10(6-3-9)12(13,14)15/h2-7H,8H2,1H3/b7-4+. The highest BCUT2D eigenvalue weighted by Crippen LogP contribution is 2.29. The molecule has 0 aliphatic carbocycles. The van der Waals surface area contributed by atoms with Crippen LogP contribution in [0, 0.1) is 0 Å². The first kappa shape index (κ1) is 13.4. The molecule has 0 N–H and O–H groups in total. The van der Waals surface area contributed by atoms with Gasteiger partial charge in [0.05, 0.1) is 5.56 Å². The van der Waals surface area contributed by atoms with Gasteiger partial charge < -0.3 is 4.74 Å². The molecule has 0 radical (unpaired) electrons. The highest BCUT2D eigenvalue weighted by Gasteiger charge is 2.29. The van der Waals surface area contributed by atoms with Gasteiger partial charge in [-0.15, -0.1) is 0 Å². The average Bonchev–Trinajstić information content (AvgIpc) is 2.26. The Labute approximate surface area is 96.7 Å². The zero-order chi connectivity index (χ0) is 12.9. The molecule has 0 unspecified atom stereocenters. The van der Waals surface area contributed by atoms with Crippen molar-refractivity contribution in [3.05, 3.63) is 41.5 Å². The fourth-order valence-electron chi connectivity index (χ4n) is 1.16. The second-order valence-electron chi connectivity index (χ2n) is 3.35. The minimum absolute atomic E-state index is 0.0445. The Morgan fingerprint density at radius 1 is 1.29 bits per heavy atom. The summed E-state index contributed by atoms with van der Waals surface area (Å²) in [6.07, 6.45) is -1.62. The molecule has 0 amide bonds. The Bertz CT molecular complexity index is 405. The number of ether oxygens (including phenoxy) is 1. The second kappa shape index (κ2) is 5.63. The Kier molecular flexibility index (Phi) is 4.45. The number of ketones is 1. The van der Waals surface area contributed by atoms with Crippen LogP contribution in [0.15, 0.2) is 30.3 Å². The highest BCUT2D eigenvalue weighted by atomic mass is 19.4. The molecule has 2 nitrogen and oxygen atoms in total. The molecule has 1 rings (SSSR count). The summed E-state index contributed by atoms with van der Waals surface area (Å²) in [7, 11) is 1.39. The van der Waals surface area contributed by atoms with Crippen LogP contribution in [-0.4, -0.2) is 19.5 Å². The van der Waals surface area contributed by atoms with E-state index in [-0.39, 0.29) is 12.4 Å². The van der Waals surface area contributed by atoms with Gasteiger partial charge in [-0.2, -0.15) is 13.2 Å². The number of benzene rings is 1. The molecule has 0 spiro atoms. The van der Waals surface area contributed by atoms with Crippen molar-refractivity contribution in [3.63, 3.8) is 0 Å². The summed E-state index contributed by atoms with van der Waals surface area (Å²) in [4.78, 5) is 11.1. The van der Waals surface area contributed by atoms with E-state index in [1.54, 1.807) is 0 Å². The molecule has 0 aliphatic rings. The van der Waals surface area contributed by atoms with Crippen LogP contribution >= 0.6 is 0 Å². The van der Waals surface area contributed by atoms with E-state index in [1.165, 1.54) is 31.4 Å². The molecule has 0 bridgehead atoms. The fourth-order valence-corrected chi connectivity index (χ4v) is 1.16. The minimum atomic E-state index is -4.34. The van der Waals surface area contributed by atoms with Crippen molar-refractivity contribution < 1.29 is 22.7 Å². The van der Waals surface area contributed by atoms with Crippen LogP contribution in [0.4, 0.5) is 13.2 Å². The summed E-state index contributed by atoms with van der Waals surface area (Å²) in [5.74, 6) is -0.243. The topological polar surface area (TPSA) is 26.3 Å². The lowest BCUT2D eigenvalue weighted by atomic mass is 10.1. The molecule has 92 valence electrons. The van der Waals surface area contributed by atoms with Crippen LogP contribution < -0.4 is 0 Å². The number of halogens is 3. The van der Waals surface area contributed by atoms with Crippen molar-refractivity contribution in [3.8, 4) is 0 Å². The summed E-state index contributed by atoms with van der Waals surface area (Å²) in [6, 6.07) is 4.56. The SMILES string of the molecule is COCC(=O)/C=C/c1ccc(C(F)(F)F)cc1. The monoisotopic (exact) mass is 244 g/mol. The molecule has 0 fully saturated rings. The lowest BCUT2D eigenvalue weighted by Gasteiger charge is -2.05. The van der Waals surface area contributed by atoms with Crippen molar-refractivity contribution in [2.75, 3.05) is 13.7 Å². The van der Waals surface area contributed by atoms with Crippen LogP contribution in [0.2, 0.25) is 0 Å². The molecule has 0 aliphatic heterocycles. The minimum Gasteiger partial charge on any atom is -0.377 e. The van der Waals surface area contributed by atoms with Crippen molar-refractivity contribution >= 4 is 11.9 Å². The molecule has 5 heteroatoms. The van der Waals surface area contributed by atoms with Crippen molar-refractivity contribution in [2.24, 2.45) is 0 Å². The van der Waals surface area contributed by atoms with E-state index in [2.05, 4.69) is 4.74 Å². The van der Waals surface area contributed by atoms with Gasteiger partial charge in [0.2, 0.25) is 0 Å². The third-order valence-corrected chi connectivity index (χ3v) is 1.99. The third kappa shape index (κ3) is 4.40. The smallest absolute Gasteiger partial charge is 0.377 e. The van der Waals surface area contributed by atoms with Gasteiger partial charge in [-0.1, -0.05) is 18.2 Å². The fraction of sp³-hybridized carbons (Fsp3) is 0.250. The zero-order valence-electron chi connectivity index (χ0n) is 9.12. The van der Waals surface area contributed by atoms with Crippen molar-refractivity contribution in [1.82, 2.24) is 0 Å². The molecule has 0 saturated heterocycles. The maximum absolute atomic E-state index is 12.2. The average molecular weight is 244 g/mol. The van der Waals surface area contributed by atoms with E-state index < -0.39 is 11.7 Å². The summed E-state index contributed by atoms with van der Waals surface area (Å²) in [5.41, 5.74) is -0.180. The molecule has 0 aromatic heterocycles. The summed E-state index contributed by atoms with van der Waals surface area (Å²) >= 11 is 0. The number of alkyl halides is 3. The molecule has 17 heavy (non-hydrogen) atoms. The van der Waals surface area contributed by atoms with Gasteiger partial charge in [0.1, 0.15) is 6.61 Å². The Hall–Kier alpha value is -1.62. The maximum Gasteiger partial charge on any atom is 0.416 e. The predicted octanol–water partition coefficient (Wildman–Crippen LogP) is 2.93. The van der Waals surface area contributed by atoms with Gasteiger partial charge in [0.25, 0.3) is 0 Å². The van der Waals surface area contributed by atoms with E-state index in [1.807, 2.05) is 0 Å². The van der Waals surface area contributed by atoms with E-state index in [9.17, 15) is 18.0 Å². The van der Waals surface area contributed by atoms with Crippen LogP contribution in [0.1, 0.15) is 11.1 Å². The number of hydrogen-bond donors (Lipinski definition) is 0. The van der Waals surface area contributed by atoms with Crippen molar-refractivity contribution in [1.29, 1.82) is 0 Å². The van der Waals surface area contributed by atoms with Gasteiger partial charge >= 0.3 is 6.18 Å². The van der Waals surface area contributed by atoms with Crippen LogP contribution in [0.3, 0.4) is 0 Å². The normalized spacial score (nSPS) is 12.0. The largest absolute Gasteiger partial charge is 0.416 e. The zero-order valence-corrected chi connectivity index (χ0v) is 9.12. The summed E-state index contributed by atoms with van der Waals surface area (Å²) in [5, 5.41) is 0. The van der Waals surface area contributed by atoms with Gasteiger partial charge in [-0.05, 0) is 23.8 Å². The van der Waals surface area contributed by atoms with E-state index in [0.717, 1.165) is 12.1 Å². The van der Waals surface area contributed by atoms with Gasteiger partial charge in [-0.3, -0.25) is 4.79 Å². The molecule has 0 atom stereocenters. The Morgan fingerprint density at radius 3 is 2.35 bits per heavy atom. The maximum atomic E-state index is 12.2. The quantitative estimate of drug-likeness (QED) is 0.761. The first-order valence-corrected chi connectivity index (χ1v) is 4.80. The van der Waals surface area contributed by atoms with Crippen LogP contribution in [0.25, 0.3) is 6.08 Å². The second-order valence-corrected chi connectivity index (χ2v) is 3.35. The lowest BCUT2D eigenvalue weighted by Crippen LogP contribution is -2.04. The van der Waals surface area contributed by atoms with Gasteiger partial charge in [0, 0.05) is 7.11 Å². The van der Waals surface area contributed by atoms with Crippen molar-refractivity contribution in [2.45, 2.75) is 6.18 Å². The van der Waals surface area contributed by atoms with E-state index in [4.69, 9.17) is 0 Å². The predicted molar refractivity (Wildman–Crippen MR) is 57.4 cm³/mol. The number of carbonyl (C=O) groups excluding carboxylic acids is 1. The number of carbonyl (C=O) groups is 1. The summed E-state index contributed by atoms with van der Waals surface area (Å²) in [6.45, 7) is -0.0445. The molecule has 0 heterocycles. The number of hydrogen-bond acceptors (Lipinski definition) is 2. The van der Waals surface area contributed by atoms with Gasteiger partial charge in [-0.25, -0.2) is 0 Å². The molecule has 1 aromatic carbocycles. The van der Waals surface area contributed by atoms with E-state index in [0.29, 0.717) is 5.56 Å². The molecule has 1 aromatic rings. The van der Waals surface area contributed by atoms with Crippen LogP contribution in [-0.2, 0) is 15.7 Å². The van der Waals surface area contributed by atoms with Crippen LogP contribution in [0.5, 0.6) is 0 Å². The third-order valence-electron chi connectivity index (χ3n) is 1.99. The Balaban J connectivity index is 2.72. The molecule has 0 saturated carbocycles. The first-order valence-electron chi connectivity index (χ1n) is 4.80. The molecular formula is C12H11F3O2. The number of methoxy groups -OCH3 is 1. The highest BCUT2D eigenvalue weighted by molar-refractivity contribution is 5.94. The lowest BCUT2D eigenvalue weighted by molar-refractivity contribution is -0.137. The molecular weight excluding hydrogens is 233 g/mol.